The van der Waals surface area contributed by atoms with Crippen LogP contribution in [0.25, 0.3) is 0 Å². The Morgan fingerprint density at radius 2 is 2.22 bits per heavy atom. The summed E-state index contributed by atoms with van der Waals surface area (Å²) in [7, 11) is 0. The molecule has 3 amide bonds. The molecule has 0 spiro atoms. The molecule has 23 heavy (non-hydrogen) atoms. The lowest BCUT2D eigenvalue weighted by Gasteiger charge is -2.31. The van der Waals surface area contributed by atoms with Gasteiger partial charge in [-0.15, -0.1) is 0 Å². The van der Waals surface area contributed by atoms with Gasteiger partial charge in [-0.2, -0.15) is 0 Å². The van der Waals surface area contributed by atoms with Gasteiger partial charge < -0.3 is 25.4 Å². The molecule has 1 aliphatic heterocycles. The van der Waals surface area contributed by atoms with Crippen LogP contribution < -0.4 is 15.8 Å². The molecule has 1 heterocycles. The Morgan fingerprint density at radius 3 is 2.83 bits per heavy atom. The first-order chi connectivity index (χ1) is 10.9. The molecule has 0 aromatic heterocycles. The van der Waals surface area contributed by atoms with Crippen LogP contribution in [0.15, 0.2) is 18.2 Å². The van der Waals surface area contributed by atoms with E-state index in [1.54, 1.807) is 18.2 Å². The molecule has 126 valence electrons. The van der Waals surface area contributed by atoms with Crippen LogP contribution in [0.2, 0.25) is 5.02 Å². The van der Waals surface area contributed by atoms with Crippen molar-refractivity contribution in [1.29, 1.82) is 0 Å². The fourth-order valence-electron chi connectivity index (χ4n) is 2.14. The van der Waals surface area contributed by atoms with E-state index in [1.807, 2.05) is 13.8 Å². The predicted molar refractivity (Wildman–Crippen MR) is 86.7 cm³/mol. The number of carbonyl (C=O) groups is 2. The molecule has 0 bridgehead atoms. The molecular formula is C15H20ClN3O4. The number of nitrogens with two attached hydrogens (primary N) is 1. The number of anilines is 1. The maximum atomic E-state index is 12.3. The first-order valence-corrected chi connectivity index (χ1v) is 7.67. The lowest BCUT2D eigenvalue weighted by molar-refractivity contribution is -0.133. The van der Waals surface area contributed by atoms with Crippen LogP contribution in [-0.2, 0) is 9.53 Å². The van der Waals surface area contributed by atoms with E-state index in [2.05, 4.69) is 5.32 Å². The molecule has 1 saturated heterocycles. The second-order valence-corrected chi connectivity index (χ2v) is 5.85. The molecule has 2 rings (SSSR count). The molecule has 1 aromatic carbocycles. The van der Waals surface area contributed by atoms with E-state index in [1.165, 1.54) is 4.90 Å². The van der Waals surface area contributed by atoms with Crippen molar-refractivity contribution >= 4 is 29.2 Å². The maximum absolute atomic E-state index is 12.3. The summed E-state index contributed by atoms with van der Waals surface area (Å²) in [6.45, 7) is 4.58. The quantitative estimate of drug-likeness (QED) is 0.873. The van der Waals surface area contributed by atoms with E-state index in [0.717, 1.165) is 0 Å². The first kappa shape index (κ1) is 17.4. The Kier molecular flexibility index (Phi) is 5.68. The van der Waals surface area contributed by atoms with Crippen molar-refractivity contribution in [2.75, 3.05) is 25.0 Å². The molecule has 0 radical (unpaired) electrons. The van der Waals surface area contributed by atoms with Crippen molar-refractivity contribution in [3.63, 3.8) is 0 Å². The van der Waals surface area contributed by atoms with E-state index in [9.17, 15) is 9.59 Å². The highest BCUT2D eigenvalue weighted by Gasteiger charge is 2.28. The standard InChI is InChI=1S/C15H20ClN3O4/c1-9(2)23-10-3-4-12(11(16)7-10)18-15(21)19-5-6-22-13(8-19)14(17)20/h3-4,7,9,13H,5-6,8H2,1-2H3,(H2,17,20)(H,18,21)/t13-/m1/s1. The number of nitrogens with zero attached hydrogens (tertiary/aromatic N) is 1. The van der Waals surface area contributed by atoms with Crippen LogP contribution in [0, 0.1) is 0 Å². The van der Waals surface area contributed by atoms with Gasteiger partial charge in [0.15, 0.2) is 6.10 Å². The van der Waals surface area contributed by atoms with Crippen LogP contribution in [0.1, 0.15) is 13.8 Å². The molecule has 7 nitrogen and oxygen atoms in total. The molecule has 1 atom stereocenters. The van der Waals surface area contributed by atoms with E-state index in [0.29, 0.717) is 23.0 Å². The fourth-order valence-corrected chi connectivity index (χ4v) is 2.36. The molecule has 1 aromatic rings. The summed E-state index contributed by atoms with van der Waals surface area (Å²) in [6.07, 6.45) is -0.752. The van der Waals surface area contributed by atoms with Gasteiger partial charge in [-0.1, -0.05) is 11.6 Å². The summed E-state index contributed by atoms with van der Waals surface area (Å²) in [4.78, 5) is 24.9. The predicted octanol–water partition coefficient (Wildman–Crippen LogP) is 1.85. The highest BCUT2D eigenvalue weighted by atomic mass is 35.5. The van der Waals surface area contributed by atoms with Crippen LogP contribution >= 0.6 is 11.6 Å². The minimum atomic E-state index is -0.785. The molecule has 3 N–H and O–H groups in total. The van der Waals surface area contributed by atoms with Gasteiger partial charge >= 0.3 is 6.03 Å². The van der Waals surface area contributed by atoms with Crippen LogP contribution in [0.4, 0.5) is 10.5 Å². The third-order valence-corrected chi connectivity index (χ3v) is 3.54. The minimum Gasteiger partial charge on any atom is -0.491 e. The number of primary amides is 1. The smallest absolute Gasteiger partial charge is 0.322 e. The molecule has 8 heteroatoms. The molecule has 0 unspecified atom stereocenters. The van der Waals surface area contributed by atoms with Gasteiger partial charge in [0.05, 0.1) is 30.0 Å². The second kappa shape index (κ2) is 7.52. The average Bonchev–Trinajstić information content (AvgIpc) is 2.49. The van der Waals surface area contributed by atoms with Crippen molar-refractivity contribution in [3.05, 3.63) is 23.2 Å². The number of morpholine rings is 1. The summed E-state index contributed by atoms with van der Waals surface area (Å²) in [6, 6.07) is 4.68. The third kappa shape index (κ3) is 4.74. The number of urea groups is 1. The largest absolute Gasteiger partial charge is 0.491 e. The van der Waals surface area contributed by atoms with Crippen molar-refractivity contribution in [2.24, 2.45) is 5.73 Å². The molecule has 1 fully saturated rings. The zero-order valence-electron chi connectivity index (χ0n) is 13.0. The summed E-state index contributed by atoms with van der Waals surface area (Å²) in [5.74, 6) is 0.0406. The second-order valence-electron chi connectivity index (χ2n) is 5.45. The average molecular weight is 342 g/mol. The zero-order chi connectivity index (χ0) is 17.0. The van der Waals surface area contributed by atoms with E-state index in [4.69, 9.17) is 26.8 Å². The Hall–Kier alpha value is -1.99. The van der Waals surface area contributed by atoms with Gasteiger partial charge in [0.25, 0.3) is 0 Å². The third-order valence-electron chi connectivity index (χ3n) is 3.22. The number of halogens is 1. The first-order valence-electron chi connectivity index (χ1n) is 7.30. The normalized spacial score (nSPS) is 17.9. The zero-order valence-corrected chi connectivity index (χ0v) is 13.8. The van der Waals surface area contributed by atoms with Crippen molar-refractivity contribution in [1.82, 2.24) is 4.90 Å². The maximum Gasteiger partial charge on any atom is 0.322 e. The number of hydrogen-bond acceptors (Lipinski definition) is 4. The number of hydrogen-bond donors (Lipinski definition) is 2. The SMILES string of the molecule is CC(C)Oc1ccc(NC(=O)N2CCO[C@@H](C(N)=O)C2)c(Cl)c1. The van der Waals surface area contributed by atoms with Gasteiger partial charge in [-0.25, -0.2) is 4.79 Å². The summed E-state index contributed by atoms with van der Waals surface area (Å²) in [5.41, 5.74) is 5.67. The summed E-state index contributed by atoms with van der Waals surface area (Å²) >= 11 is 6.16. The van der Waals surface area contributed by atoms with Gasteiger partial charge in [0.2, 0.25) is 5.91 Å². The monoisotopic (exact) mass is 341 g/mol. The Morgan fingerprint density at radius 1 is 1.48 bits per heavy atom. The van der Waals surface area contributed by atoms with Gasteiger partial charge in [-0.05, 0) is 26.0 Å². The topological polar surface area (TPSA) is 93.9 Å². The van der Waals surface area contributed by atoms with Crippen LogP contribution in [-0.4, -0.2) is 48.7 Å². The lowest BCUT2D eigenvalue weighted by Crippen LogP contribution is -2.51. The molecule has 1 aliphatic rings. The number of amides is 3. The molecular weight excluding hydrogens is 322 g/mol. The number of carbonyl (C=O) groups excluding carboxylic acids is 2. The Bertz CT molecular complexity index is 594. The van der Waals surface area contributed by atoms with E-state index < -0.39 is 12.0 Å². The van der Waals surface area contributed by atoms with Crippen LogP contribution in [0.5, 0.6) is 5.75 Å². The van der Waals surface area contributed by atoms with Gasteiger partial charge in [0, 0.05) is 12.6 Å². The van der Waals surface area contributed by atoms with Gasteiger partial charge in [-0.3, -0.25) is 4.79 Å². The van der Waals surface area contributed by atoms with E-state index >= 15 is 0 Å². The van der Waals surface area contributed by atoms with E-state index in [-0.39, 0.29) is 25.3 Å². The fraction of sp³-hybridized carbons (Fsp3) is 0.467. The lowest BCUT2D eigenvalue weighted by atomic mass is 10.2. The summed E-state index contributed by atoms with van der Waals surface area (Å²) < 4.78 is 10.7. The van der Waals surface area contributed by atoms with Gasteiger partial charge in [0.1, 0.15) is 5.75 Å². The number of benzene rings is 1. The highest BCUT2D eigenvalue weighted by Crippen LogP contribution is 2.27. The molecule has 0 saturated carbocycles. The van der Waals surface area contributed by atoms with Crippen molar-refractivity contribution in [3.8, 4) is 5.75 Å². The number of rotatable bonds is 4. The van der Waals surface area contributed by atoms with Crippen LogP contribution in [0.3, 0.4) is 0 Å². The Balaban J connectivity index is 2.01. The Labute approximate surface area is 139 Å². The summed E-state index contributed by atoms with van der Waals surface area (Å²) in [5, 5.41) is 3.08. The molecule has 0 aliphatic carbocycles. The highest BCUT2D eigenvalue weighted by molar-refractivity contribution is 6.33. The minimum absolute atomic E-state index is 0.0330. The number of nitrogens with one attached hydrogen (secondary N) is 1. The van der Waals surface area contributed by atoms with Crippen molar-refractivity contribution in [2.45, 2.75) is 26.1 Å². The van der Waals surface area contributed by atoms with Crippen molar-refractivity contribution < 1.29 is 19.1 Å². The number of ether oxygens (including phenoxy) is 2.